The number of aryl methyl sites for hydroxylation is 1. The molecule has 0 fully saturated rings. The molecule has 4 heterocycles. The maximum atomic E-state index is 4.61. The van der Waals surface area contributed by atoms with Gasteiger partial charge in [0.05, 0.1) is 41.9 Å². The predicted octanol–water partition coefficient (Wildman–Crippen LogP) is 2.21. The second-order valence-corrected chi connectivity index (χ2v) is 7.18. The van der Waals surface area contributed by atoms with Gasteiger partial charge in [-0.05, 0) is 32.3 Å². The summed E-state index contributed by atoms with van der Waals surface area (Å²) in [6.07, 6.45) is 7.14. The van der Waals surface area contributed by atoms with Gasteiger partial charge in [-0.2, -0.15) is 10.1 Å². The van der Waals surface area contributed by atoms with Crippen LogP contribution in [0.2, 0.25) is 0 Å². The van der Waals surface area contributed by atoms with E-state index in [-0.39, 0.29) is 0 Å². The Morgan fingerprint density at radius 2 is 2.03 bits per heavy atom. The number of hydrogen-bond donors (Lipinski definition) is 2. The molecule has 0 atom stereocenters. The molecule has 5 aromatic rings. The molecule has 0 amide bonds. The lowest BCUT2D eigenvalue weighted by atomic mass is 10.3. The van der Waals surface area contributed by atoms with E-state index in [4.69, 9.17) is 0 Å². The van der Waals surface area contributed by atoms with Gasteiger partial charge < -0.3 is 15.2 Å². The third kappa shape index (κ3) is 3.29. The van der Waals surface area contributed by atoms with E-state index in [1.807, 2.05) is 45.5 Å². The number of hydrogen-bond acceptors (Lipinski definition) is 7. The highest BCUT2D eigenvalue weighted by Crippen LogP contribution is 2.22. The SMILES string of the molecule is CN(C)Cc1nc2ccc(Nc3nc4cncc(-c5cnn(C)c5)n4n3)cc2[nH]1. The summed E-state index contributed by atoms with van der Waals surface area (Å²) in [6.45, 7) is 0.759. The summed E-state index contributed by atoms with van der Waals surface area (Å²) in [5.74, 6) is 1.43. The second-order valence-electron chi connectivity index (χ2n) is 7.18. The molecule has 4 aromatic heterocycles. The van der Waals surface area contributed by atoms with E-state index in [1.54, 1.807) is 27.8 Å². The first-order valence-corrected chi connectivity index (χ1v) is 9.15. The molecule has 0 saturated carbocycles. The van der Waals surface area contributed by atoms with Crippen LogP contribution in [0.15, 0.2) is 43.0 Å². The van der Waals surface area contributed by atoms with Crippen LogP contribution in [0.25, 0.3) is 27.9 Å². The molecule has 146 valence electrons. The van der Waals surface area contributed by atoms with E-state index in [0.29, 0.717) is 11.6 Å². The first kappa shape index (κ1) is 17.3. The highest BCUT2D eigenvalue weighted by atomic mass is 15.4. The molecule has 0 bridgehead atoms. The lowest BCUT2D eigenvalue weighted by Gasteiger charge is -2.05. The maximum absolute atomic E-state index is 4.61. The van der Waals surface area contributed by atoms with Crippen molar-refractivity contribution in [1.82, 2.24) is 44.2 Å². The number of aromatic nitrogens is 8. The van der Waals surface area contributed by atoms with E-state index in [0.717, 1.165) is 40.3 Å². The standard InChI is InChI=1S/C19H20N10/c1-27(2)11-17-23-14-5-4-13(6-15(14)24-17)22-19-25-18-9-20-8-16(29(18)26-19)12-7-21-28(3)10-12/h4-10H,11H2,1-3H3,(H,22,26)(H,23,24). The number of nitrogens with one attached hydrogen (secondary N) is 2. The van der Waals surface area contributed by atoms with E-state index < -0.39 is 0 Å². The van der Waals surface area contributed by atoms with Crippen LogP contribution < -0.4 is 5.32 Å². The number of nitrogens with zero attached hydrogens (tertiary/aromatic N) is 8. The summed E-state index contributed by atoms with van der Waals surface area (Å²) < 4.78 is 3.50. The van der Waals surface area contributed by atoms with Gasteiger partial charge >= 0.3 is 0 Å². The Labute approximate surface area is 166 Å². The van der Waals surface area contributed by atoms with E-state index in [2.05, 4.69) is 40.3 Å². The fraction of sp³-hybridized carbons (Fsp3) is 0.211. The smallest absolute Gasteiger partial charge is 0.247 e. The molecule has 10 heteroatoms. The average molecular weight is 388 g/mol. The van der Waals surface area contributed by atoms with Gasteiger partial charge in [0.1, 0.15) is 5.82 Å². The molecule has 2 N–H and O–H groups in total. The Balaban J connectivity index is 1.47. The molecule has 5 rings (SSSR count). The zero-order valence-corrected chi connectivity index (χ0v) is 16.3. The summed E-state index contributed by atoms with van der Waals surface area (Å²) in [4.78, 5) is 18.9. The highest BCUT2D eigenvalue weighted by Gasteiger charge is 2.12. The van der Waals surface area contributed by atoms with E-state index in [9.17, 15) is 0 Å². The molecule has 0 spiro atoms. The van der Waals surface area contributed by atoms with Crippen molar-refractivity contribution in [1.29, 1.82) is 0 Å². The summed E-state index contributed by atoms with van der Waals surface area (Å²) in [5, 5.41) is 12.1. The number of benzene rings is 1. The van der Waals surface area contributed by atoms with Gasteiger partial charge in [-0.15, -0.1) is 5.10 Å². The normalized spacial score (nSPS) is 11.7. The van der Waals surface area contributed by atoms with Crippen LogP contribution in [0.5, 0.6) is 0 Å². The molecule has 1 aromatic carbocycles. The quantitative estimate of drug-likeness (QED) is 0.475. The van der Waals surface area contributed by atoms with Crippen molar-refractivity contribution < 1.29 is 0 Å². The third-order valence-electron chi connectivity index (χ3n) is 4.50. The van der Waals surface area contributed by atoms with Crippen molar-refractivity contribution in [3.63, 3.8) is 0 Å². The fourth-order valence-corrected chi connectivity index (χ4v) is 3.26. The molecular weight excluding hydrogens is 368 g/mol. The third-order valence-corrected chi connectivity index (χ3v) is 4.50. The first-order chi connectivity index (χ1) is 14.0. The predicted molar refractivity (Wildman–Crippen MR) is 110 cm³/mol. The van der Waals surface area contributed by atoms with Crippen molar-refractivity contribution in [3.05, 3.63) is 48.8 Å². The topological polar surface area (TPSA) is 105 Å². The van der Waals surface area contributed by atoms with Crippen molar-refractivity contribution >= 4 is 28.3 Å². The minimum atomic E-state index is 0.496. The van der Waals surface area contributed by atoms with E-state index >= 15 is 0 Å². The zero-order chi connectivity index (χ0) is 20.0. The molecular formula is C19H20N10. The monoisotopic (exact) mass is 388 g/mol. The first-order valence-electron chi connectivity index (χ1n) is 9.15. The second kappa shape index (κ2) is 6.67. The fourth-order valence-electron chi connectivity index (χ4n) is 3.26. The number of anilines is 2. The van der Waals surface area contributed by atoms with Crippen LogP contribution in [0.4, 0.5) is 11.6 Å². The van der Waals surface area contributed by atoms with Gasteiger partial charge in [-0.1, -0.05) is 0 Å². The summed E-state index contributed by atoms with van der Waals surface area (Å²) in [5.41, 5.74) is 5.18. The Hall–Kier alpha value is -3.79. The van der Waals surface area contributed by atoms with Crippen LogP contribution in [0.1, 0.15) is 5.82 Å². The Bertz CT molecular complexity index is 1310. The van der Waals surface area contributed by atoms with Gasteiger partial charge in [0.2, 0.25) is 5.95 Å². The van der Waals surface area contributed by atoms with Crippen molar-refractivity contribution in [2.45, 2.75) is 6.54 Å². The van der Waals surface area contributed by atoms with Crippen LogP contribution in [-0.4, -0.2) is 58.3 Å². The van der Waals surface area contributed by atoms with E-state index in [1.165, 1.54) is 0 Å². The van der Waals surface area contributed by atoms with Gasteiger partial charge in [0, 0.05) is 24.5 Å². The lowest BCUT2D eigenvalue weighted by Crippen LogP contribution is -2.11. The van der Waals surface area contributed by atoms with Crippen LogP contribution in [0.3, 0.4) is 0 Å². The molecule has 0 aliphatic heterocycles. The van der Waals surface area contributed by atoms with Crippen LogP contribution >= 0.6 is 0 Å². The van der Waals surface area contributed by atoms with Crippen molar-refractivity contribution in [2.75, 3.05) is 19.4 Å². The maximum Gasteiger partial charge on any atom is 0.247 e. The summed E-state index contributed by atoms with van der Waals surface area (Å²) in [7, 11) is 5.91. The number of imidazole rings is 1. The molecule has 0 saturated heterocycles. The Kier molecular flexibility index (Phi) is 3.98. The number of rotatable bonds is 5. The van der Waals surface area contributed by atoms with Crippen LogP contribution in [0, 0.1) is 0 Å². The molecule has 10 nitrogen and oxygen atoms in total. The van der Waals surface area contributed by atoms with Gasteiger partial charge in [0.15, 0.2) is 5.65 Å². The zero-order valence-electron chi connectivity index (χ0n) is 16.3. The minimum absolute atomic E-state index is 0.496. The Morgan fingerprint density at radius 3 is 2.83 bits per heavy atom. The minimum Gasteiger partial charge on any atom is -0.341 e. The summed E-state index contributed by atoms with van der Waals surface area (Å²) >= 11 is 0. The van der Waals surface area contributed by atoms with Crippen LogP contribution in [-0.2, 0) is 13.6 Å². The average Bonchev–Trinajstić information content (AvgIpc) is 3.37. The van der Waals surface area contributed by atoms with Crippen molar-refractivity contribution in [2.24, 2.45) is 7.05 Å². The van der Waals surface area contributed by atoms with Crippen molar-refractivity contribution in [3.8, 4) is 11.3 Å². The largest absolute Gasteiger partial charge is 0.341 e. The molecule has 0 radical (unpaired) electrons. The molecule has 0 aliphatic carbocycles. The summed E-state index contributed by atoms with van der Waals surface area (Å²) in [6, 6.07) is 5.95. The molecule has 0 unspecified atom stereocenters. The number of fused-ring (bicyclic) bond motifs is 2. The molecule has 0 aliphatic rings. The Morgan fingerprint density at radius 1 is 1.14 bits per heavy atom. The van der Waals surface area contributed by atoms with Gasteiger partial charge in [-0.3, -0.25) is 9.67 Å². The number of aromatic amines is 1. The number of H-pyrrole nitrogens is 1. The lowest BCUT2D eigenvalue weighted by molar-refractivity contribution is 0.392. The molecule has 29 heavy (non-hydrogen) atoms. The highest BCUT2D eigenvalue weighted by molar-refractivity contribution is 5.80. The van der Waals surface area contributed by atoms with Gasteiger partial charge in [0.25, 0.3) is 0 Å². The van der Waals surface area contributed by atoms with Gasteiger partial charge in [-0.25, -0.2) is 9.50 Å².